The van der Waals surface area contributed by atoms with Crippen molar-refractivity contribution >= 4 is 39.3 Å². The normalized spacial score (nSPS) is 15.9. The zero-order chi connectivity index (χ0) is 38.8. The number of nitrogens with zero attached hydrogens (tertiary/aromatic N) is 2. The van der Waals surface area contributed by atoms with E-state index in [1.807, 2.05) is 67.6 Å². The summed E-state index contributed by atoms with van der Waals surface area (Å²) in [6.45, 7) is 5.94. The van der Waals surface area contributed by atoms with E-state index in [0.29, 0.717) is 18.4 Å². The summed E-state index contributed by atoms with van der Waals surface area (Å²) < 4.78 is 29.7. The predicted octanol–water partition coefficient (Wildman–Crippen LogP) is 4.33. The Balaban J connectivity index is 1.34. The number of benzene rings is 4. The van der Waals surface area contributed by atoms with E-state index in [-0.39, 0.29) is 54.1 Å². The van der Waals surface area contributed by atoms with Crippen LogP contribution < -0.4 is 30.3 Å². The highest BCUT2D eigenvalue weighted by Gasteiger charge is 2.28. The van der Waals surface area contributed by atoms with Gasteiger partial charge in [0.25, 0.3) is 17.5 Å². The van der Waals surface area contributed by atoms with E-state index >= 15 is 0 Å². The van der Waals surface area contributed by atoms with Gasteiger partial charge in [0.2, 0.25) is 5.91 Å². The quantitative estimate of drug-likeness (QED) is 0.0875. The van der Waals surface area contributed by atoms with Crippen molar-refractivity contribution in [3.8, 4) is 0 Å². The summed E-state index contributed by atoms with van der Waals surface area (Å²) in [6, 6.07) is 27.2. The van der Waals surface area contributed by atoms with Gasteiger partial charge in [0.1, 0.15) is 0 Å². The lowest BCUT2D eigenvalue weighted by atomic mass is 10.0. The van der Waals surface area contributed by atoms with Crippen LogP contribution >= 0.6 is 0 Å². The molecule has 0 aromatic heterocycles. The molecule has 5 rings (SSSR count). The minimum Gasteiger partial charge on any atom is -0.348 e. The highest BCUT2D eigenvalue weighted by molar-refractivity contribution is 7.90. The monoisotopic (exact) mass is 755 g/mol. The molecule has 3 amide bonds. The summed E-state index contributed by atoms with van der Waals surface area (Å²) in [5.41, 5.74) is 2.85. The Morgan fingerprint density at radius 1 is 0.796 bits per heavy atom. The van der Waals surface area contributed by atoms with Crippen LogP contribution in [0, 0.1) is 10.1 Å². The molecule has 0 aliphatic carbocycles. The Hall–Kier alpha value is -5.64. The Morgan fingerprint density at radius 2 is 1.37 bits per heavy atom. The van der Waals surface area contributed by atoms with Crippen LogP contribution in [0.4, 0.5) is 11.4 Å². The third kappa shape index (κ3) is 10.5. The minimum atomic E-state index is -3.90. The zero-order valence-corrected chi connectivity index (χ0v) is 31.1. The number of hydrogen-bond donors (Lipinski definition) is 5. The molecule has 54 heavy (non-hydrogen) atoms. The SMILES string of the molecule is C[C@H](NC[C@H](Cc1ccccc1)NC(=O)c1cc(C(=O)N[C@H](C)c2ccccc2)cc(N2CCCNS2(=O)=O)c1)C(=O)N[C@H](C)c1ccc([N+](=O)[O-])cc1. The molecule has 1 fully saturated rings. The van der Waals surface area contributed by atoms with E-state index < -0.39 is 45.1 Å². The maximum Gasteiger partial charge on any atom is 0.301 e. The van der Waals surface area contributed by atoms with E-state index in [9.17, 15) is 32.9 Å². The first-order valence-corrected chi connectivity index (χ1v) is 19.2. The highest BCUT2D eigenvalue weighted by atomic mass is 32.2. The fraction of sp³-hybridized carbons (Fsp3) is 0.308. The molecule has 0 radical (unpaired) electrons. The number of nitro groups is 1. The minimum absolute atomic E-state index is 0.0452. The number of non-ortho nitro benzene ring substituents is 1. The molecule has 1 heterocycles. The number of rotatable bonds is 15. The Kier molecular flexibility index (Phi) is 13.1. The molecular formula is C39H45N7O7S. The lowest BCUT2D eigenvalue weighted by Crippen LogP contribution is -2.50. The Labute approximate surface area is 315 Å². The van der Waals surface area contributed by atoms with Gasteiger partial charge in [-0.15, -0.1) is 0 Å². The van der Waals surface area contributed by atoms with E-state index in [0.717, 1.165) is 15.4 Å². The summed E-state index contributed by atoms with van der Waals surface area (Å²) in [7, 11) is -3.90. The molecule has 0 bridgehead atoms. The first kappa shape index (κ1) is 39.6. The second-order valence-corrected chi connectivity index (χ2v) is 14.9. The van der Waals surface area contributed by atoms with E-state index in [1.54, 1.807) is 26.0 Å². The van der Waals surface area contributed by atoms with Gasteiger partial charge in [0.05, 0.1) is 28.7 Å². The highest BCUT2D eigenvalue weighted by Crippen LogP contribution is 2.25. The van der Waals surface area contributed by atoms with Gasteiger partial charge in [-0.3, -0.25) is 28.8 Å². The van der Waals surface area contributed by atoms with Crippen molar-refractivity contribution in [2.75, 3.05) is 23.9 Å². The largest absolute Gasteiger partial charge is 0.348 e. The number of nitro benzene ring substituents is 1. The van der Waals surface area contributed by atoms with Gasteiger partial charge in [-0.2, -0.15) is 13.1 Å². The molecule has 4 atom stereocenters. The maximum absolute atomic E-state index is 14.0. The molecule has 0 spiro atoms. The summed E-state index contributed by atoms with van der Waals surface area (Å²) >= 11 is 0. The molecule has 1 aliphatic heterocycles. The summed E-state index contributed by atoms with van der Waals surface area (Å²) in [5.74, 6) is -1.32. The van der Waals surface area contributed by atoms with Crippen LogP contribution in [0.25, 0.3) is 0 Å². The van der Waals surface area contributed by atoms with Crippen LogP contribution in [0.3, 0.4) is 0 Å². The number of anilines is 1. The summed E-state index contributed by atoms with van der Waals surface area (Å²) in [5, 5.41) is 23.1. The molecule has 14 nitrogen and oxygen atoms in total. The molecule has 0 unspecified atom stereocenters. The summed E-state index contributed by atoms with van der Waals surface area (Å²) in [4.78, 5) is 51.3. The number of carbonyl (C=O) groups excluding carboxylic acids is 3. The molecule has 5 N–H and O–H groups in total. The van der Waals surface area contributed by atoms with E-state index in [4.69, 9.17) is 0 Å². The lowest BCUT2D eigenvalue weighted by Gasteiger charge is -2.29. The first-order valence-electron chi connectivity index (χ1n) is 17.7. The van der Waals surface area contributed by atoms with Crippen molar-refractivity contribution < 1.29 is 27.7 Å². The molecule has 0 saturated carbocycles. The van der Waals surface area contributed by atoms with Gasteiger partial charge in [-0.1, -0.05) is 72.8 Å². The Morgan fingerprint density at radius 3 is 1.98 bits per heavy atom. The van der Waals surface area contributed by atoms with Crippen molar-refractivity contribution in [1.29, 1.82) is 0 Å². The predicted molar refractivity (Wildman–Crippen MR) is 206 cm³/mol. The third-order valence-electron chi connectivity index (χ3n) is 9.18. The molecule has 15 heteroatoms. The smallest absolute Gasteiger partial charge is 0.301 e. The topological polar surface area (TPSA) is 192 Å². The standard InChI is InChI=1S/C39H45N7O7S/c1-26(30-13-8-5-9-14-30)43-38(48)32-22-33(24-36(23-32)45-20-10-19-41-54(45,52)53)39(49)44-34(21-29-11-6-4-7-12-29)25-40-28(3)37(47)42-27(2)31-15-17-35(18-16-31)46(50)51/h4-9,11-18,22-24,26-28,34,40-41H,10,19-21,25H2,1-3H3,(H,42,47)(H,43,48)(H,44,49)/t26-,27-,28+,34+/m1/s1. The van der Waals surface area contributed by atoms with Crippen molar-refractivity contribution in [1.82, 2.24) is 26.0 Å². The van der Waals surface area contributed by atoms with Crippen LogP contribution in [0.15, 0.2) is 103 Å². The molecule has 4 aromatic rings. The van der Waals surface area contributed by atoms with Crippen LogP contribution in [0.1, 0.15) is 76.7 Å². The lowest BCUT2D eigenvalue weighted by molar-refractivity contribution is -0.384. The van der Waals surface area contributed by atoms with Gasteiger partial charge in [0, 0.05) is 48.9 Å². The van der Waals surface area contributed by atoms with Gasteiger partial charge < -0.3 is 21.3 Å². The third-order valence-corrected chi connectivity index (χ3v) is 10.7. The molecule has 4 aromatic carbocycles. The van der Waals surface area contributed by atoms with Gasteiger partial charge in [0.15, 0.2) is 0 Å². The second-order valence-electron chi connectivity index (χ2n) is 13.3. The van der Waals surface area contributed by atoms with Crippen molar-refractivity contribution in [3.05, 3.63) is 141 Å². The first-order chi connectivity index (χ1) is 25.8. The zero-order valence-electron chi connectivity index (χ0n) is 30.3. The second kappa shape index (κ2) is 17.9. The van der Waals surface area contributed by atoms with Gasteiger partial charge in [-0.25, -0.2) is 0 Å². The molecule has 284 valence electrons. The molecule has 1 saturated heterocycles. The van der Waals surface area contributed by atoms with Crippen LogP contribution in [-0.4, -0.2) is 62.8 Å². The Bertz CT molecular complexity index is 2050. The van der Waals surface area contributed by atoms with Crippen LogP contribution in [0.5, 0.6) is 0 Å². The molecular weight excluding hydrogens is 711 g/mol. The summed E-state index contributed by atoms with van der Waals surface area (Å²) in [6.07, 6.45) is 0.935. The number of nitrogens with one attached hydrogen (secondary N) is 5. The van der Waals surface area contributed by atoms with Crippen molar-refractivity contribution in [2.45, 2.75) is 57.8 Å². The fourth-order valence-corrected chi connectivity index (χ4v) is 7.38. The average molecular weight is 756 g/mol. The molecule has 1 aliphatic rings. The van der Waals surface area contributed by atoms with E-state index in [1.165, 1.54) is 30.3 Å². The average Bonchev–Trinajstić information content (AvgIpc) is 3.17. The van der Waals surface area contributed by atoms with Gasteiger partial charge in [-0.05, 0) is 68.5 Å². The number of hydrogen-bond acceptors (Lipinski definition) is 8. The maximum atomic E-state index is 14.0. The van der Waals surface area contributed by atoms with Crippen LogP contribution in [-0.2, 0) is 21.4 Å². The fourth-order valence-electron chi connectivity index (χ4n) is 6.07. The van der Waals surface area contributed by atoms with Crippen LogP contribution in [0.2, 0.25) is 0 Å². The van der Waals surface area contributed by atoms with Gasteiger partial charge >= 0.3 is 10.2 Å². The van der Waals surface area contributed by atoms with Crippen molar-refractivity contribution in [2.24, 2.45) is 0 Å². The number of carbonyl (C=O) groups is 3. The number of amides is 3. The van der Waals surface area contributed by atoms with E-state index in [2.05, 4.69) is 26.0 Å². The van der Waals surface area contributed by atoms with Crippen molar-refractivity contribution in [3.63, 3.8) is 0 Å².